The van der Waals surface area contributed by atoms with Crippen LogP contribution in [-0.4, -0.2) is 47.4 Å². The quantitative estimate of drug-likeness (QED) is 0.0322. The lowest BCUT2D eigenvalue weighted by atomic mass is 10.0. The van der Waals surface area contributed by atoms with Crippen LogP contribution in [0.25, 0.3) is 0 Å². The first kappa shape index (κ1) is 59.3. The fourth-order valence-corrected chi connectivity index (χ4v) is 8.27. The van der Waals surface area contributed by atoms with Crippen LogP contribution in [0, 0.1) is 0 Å². The average molecular weight is 860 g/mol. The highest BCUT2D eigenvalue weighted by Gasteiger charge is 2.18. The third kappa shape index (κ3) is 47.7. The van der Waals surface area contributed by atoms with Gasteiger partial charge in [-0.05, 0) is 57.8 Å². The van der Waals surface area contributed by atoms with Crippen molar-refractivity contribution in [2.24, 2.45) is 0 Å². The van der Waals surface area contributed by atoms with Gasteiger partial charge in [-0.3, -0.25) is 9.59 Å². The molecule has 0 aromatic rings. The molecule has 0 heterocycles. The molecule has 0 fully saturated rings. The van der Waals surface area contributed by atoms with Gasteiger partial charge in [0, 0.05) is 12.8 Å². The van der Waals surface area contributed by atoms with Gasteiger partial charge in [0.05, 0.1) is 25.4 Å². The van der Waals surface area contributed by atoms with Crippen LogP contribution in [0.2, 0.25) is 0 Å². The van der Waals surface area contributed by atoms with E-state index in [9.17, 15) is 19.8 Å². The van der Waals surface area contributed by atoms with Crippen LogP contribution in [0.15, 0.2) is 24.3 Å². The molecule has 0 aliphatic rings. The second-order valence-corrected chi connectivity index (χ2v) is 18.6. The summed E-state index contributed by atoms with van der Waals surface area (Å²) < 4.78 is 5.48. The fraction of sp³-hybridized carbons (Fsp3) is 0.891. The van der Waals surface area contributed by atoms with Gasteiger partial charge in [-0.1, -0.05) is 244 Å². The molecule has 0 radical (unpaired) electrons. The molecule has 0 aliphatic heterocycles. The molecular formula is C55H105NO5. The number of carbonyl (C=O) groups is 2. The maximum atomic E-state index is 12.4. The Morgan fingerprint density at radius 1 is 0.443 bits per heavy atom. The molecule has 1 amide bonds. The molecule has 2 atom stereocenters. The highest BCUT2D eigenvalue weighted by atomic mass is 16.5. The molecule has 0 spiro atoms. The molecule has 0 aromatic heterocycles. The highest BCUT2D eigenvalue weighted by Crippen LogP contribution is 2.16. The Bertz CT molecular complexity index is 951. The lowest BCUT2D eigenvalue weighted by Crippen LogP contribution is -2.45. The summed E-state index contributed by atoms with van der Waals surface area (Å²) in [6.45, 7) is 4.86. The summed E-state index contributed by atoms with van der Waals surface area (Å²) in [5.74, 6) is -0.0795. The minimum atomic E-state index is -0.848. The van der Waals surface area contributed by atoms with Crippen LogP contribution < -0.4 is 5.32 Å². The molecule has 0 bridgehead atoms. The number of rotatable bonds is 50. The van der Waals surface area contributed by atoms with Crippen LogP contribution >= 0.6 is 0 Å². The molecule has 6 heteroatoms. The van der Waals surface area contributed by atoms with E-state index in [1.165, 1.54) is 212 Å². The summed E-state index contributed by atoms with van der Waals surface area (Å²) in [4.78, 5) is 24.5. The number of aliphatic hydroxyl groups is 2. The van der Waals surface area contributed by atoms with Gasteiger partial charge < -0.3 is 20.3 Å². The summed E-state index contributed by atoms with van der Waals surface area (Å²) in [6.07, 6.45) is 60.5. The second kappa shape index (κ2) is 51.0. The summed E-state index contributed by atoms with van der Waals surface area (Å²) in [5.41, 5.74) is 0. The molecule has 360 valence electrons. The third-order valence-electron chi connectivity index (χ3n) is 12.5. The number of esters is 1. The van der Waals surface area contributed by atoms with Crippen molar-refractivity contribution in [1.82, 2.24) is 5.32 Å². The lowest BCUT2D eigenvalue weighted by Gasteiger charge is -2.20. The van der Waals surface area contributed by atoms with Gasteiger partial charge in [0.15, 0.2) is 0 Å². The van der Waals surface area contributed by atoms with Crippen LogP contribution in [0.5, 0.6) is 0 Å². The van der Waals surface area contributed by atoms with Gasteiger partial charge in [0.2, 0.25) is 5.91 Å². The second-order valence-electron chi connectivity index (χ2n) is 18.6. The van der Waals surface area contributed by atoms with Crippen molar-refractivity contribution in [1.29, 1.82) is 0 Å². The Morgan fingerprint density at radius 3 is 1.16 bits per heavy atom. The lowest BCUT2D eigenvalue weighted by molar-refractivity contribution is -0.143. The van der Waals surface area contributed by atoms with E-state index in [1.54, 1.807) is 6.08 Å². The zero-order valence-corrected chi connectivity index (χ0v) is 40.9. The number of allylic oxidation sites excluding steroid dienone is 3. The van der Waals surface area contributed by atoms with Crippen molar-refractivity contribution in [2.45, 2.75) is 302 Å². The third-order valence-corrected chi connectivity index (χ3v) is 12.5. The first-order valence-electron chi connectivity index (χ1n) is 27.1. The SMILES string of the molecule is CCCCCCCC/C=C\CCCCCCCCCCCC(=O)OCCCCCCCCCCCCCCCCCC(=O)NC(CO)C(O)/C=C/CCCCCCCCCC. The van der Waals surface area contributed by atoms with Gasteiger partial charge in [0.25, 0.3) is 0 Å². The van der Waals surface area contributed by atoms with Crippen LogP contribution in [-0.2, 0) is 14.3 Å². The maximum Gasteiger partial charge on any atom is 0.305 e. The Balaban J connectivity index is 3.41. The Hall–Kier alpha value is -1.66. The van der Waals surface area contributed by atoms with E-state index in [2.05, 4.69) is 31.3 Å². The molecule has 3 N–H and O–H groups in total. The van der Waals surface area contributed by atoms with E-state index >= 15 is 0 Å². The van der Waals surface area contributed by atoms with Crippen molar-refractivity contribution in [3.63, 3.8) is 0 Å². The van der Waals surface area contributed by atoms with E-state index in [-0.39, 0.29) is 18.5 Å². The molecule has 6 nitrogen and oxygen atoms in total. The molecule has 0 aliphatic carbocycles. The van der Waals surface area contributed by atoms with Gasteiger partial charge >= 0.3 is 5.97 Å². The van der Waals surface area contributed by atoms with E-state index in [0.717, 1.165) is 51.4 Å². The first-order valence-corrected chi connectivity index (χ1v) is 27.1. The van der Waals surface area contributed by atoms with Gasteiger partial charge in [-0.15, -0.1) is 0 Å². The maximum absolute atomic E-state index is 12.4. The molecular weight excluding hydrogens is 755 g/mol. The number of nitrogens with one attached hydrogen (secondary N) is 1. The average Bonchev–Trinajstić information content (AvgIpc) is 3.26. The van der Waals surface area contributed by atoms with Crippen molar-refractivity contribution in [3.8, 4) is 0 Å². The smallest absolute Gasteiger partial charge is 0.305 e. The number of unbranched alkanes of at least 4 members (excludes halogenated alkanes) is 37. The molecule has 2 unspecified atom stereocenters. The molecule has 0 saturated heterocycles. The zero-order chi connectivity index (χ0) is 44.4. The van der Waals surface area contributed by atoms with Crippen molar-refractivity contribution in [3.05, 3.63) is 24.3 Å². The predicted molar refractivity (Wildman–Crippen MR) is 264 cm³/mol. The number of hydrogen-bond donors (Lipinski definition) is 3. The van der Waals surface area contributed by atoms with E-state index in [1.807, 2.05) is 6.08 Å². The fourth-order valence-electron chi connectivity index (χ4n) is 8.27. The number of hydrogen-bond acceptors (Lipinski definition) is 5. The minimum absolute atomic E-state index is 0.00126. The Kier molecular flexibility index (Phi) is 49.6. The summed E-state index contributed by atoms with van der Waals surface area (Å²) >= 11 is 0. The molecule has 0 aromatic carbocycles. The van der Waals surface area contributed by atoms with E-state index in [4.69, 9.17) is 4.74 Å². The highest BCUT2D eigenvalue weighted by molar-refractivity contribution is 5.76. The Morgan fingerprint density at radius 2 is 0.770 bits per heavy atom. The van der Waals surface area contributed by atoms with E-state index < -0.39 is 12.1 Å². The monoisotopic (exact) mass is 860 g/mol. The van der Waals surface area contributed by atoms with Crippen LogP contribution in [0.1, 0.15) is 290 Å². The van der Waals surface area contributed by atoms with Gasteiger partial charge in [0.1, 0.15) is 0 Å². The first-order chi connectivity index (χ1) is 30.0. The topological polar surface area (TPSA) is 95.9 Å². The number of carbonyl (C=O) groups excluding carboxylic acids is 2. The molecule has 0 saturated carbocycles. The summed E-state index contributed by atoms with van der Waals surface area (Å²) in [6, 6.07) is -0.632. The largest absolute Gasteiger partial charge is 0.466 e. The number of ether oxygens (including phenoxy) is 1. The molecule has 61 heavy (non-hydrogen) atoms. The zero-order valence-electron chi connectivity index (χ0n) is 40.9. The van der Waals surface area contributed by atoms with Crippen molar-refractivity contribution in [2.75, 3.05) is 13.2 Å². The van der Waals surface area contributed by atoms with Gasteiger partial charge in [-0.2, -0.15) is 0 Å². The predicted octanol–water partition coefficient (Wildman–Crippen LogP) is 16.3. The standard InChI is InChI=1S/C55H105NO5/c1-3-5-7-9-11-13-15-16-17-18-19-20-23-26-29-33-37-41-45-49-55(60)61-50-46-42-38-34-30-27-24-21-22-25-28-32-36-40-44-48-54(59)56-52(51-57)53(58)47-43-39-35-31-14-12-10-8-6-4-2/h16-17,43,47,52-53,57-58H,3-15,18-42,44-46,48-51H2,1-2H3,(H,56,59)/b17-16-,47-43+. The van der Waals surface area contributed by atoms with Crippen molar-refractivity contribution >= 4 is 11.9 Å². The normalized spacial score (nSPS) is 12.8. The number of amides is 1. The van der Waals surface area contributed by atoms with Crippen LogP contribution in [0.3, 0.4) is 0 Å². The van der Waals surface area contributed by atoms with Crippen LogP contribution in [0.4, 0.5) is 0 Å². The summed E-state index contributed by atoms with van der Waals surface area (Å²) in [7, 11) is 0. The summed E-state index contributed by atoms with van der Waals surface area (Å²) in [5, 5.41) is 22.9. The van der Waals surface area contributed by atoms with Crippen molar-refractivity contribution < 1.29 is 24.5 Å². The van der Waals surface area contributed by atoms with E-state index in [0.29, 0.717) is 19.4 Å². The molecule has 0 rings (SSSR count). The number of aliphatic hydroxyl groups excluding tert-OH is 2. The van der Waals surface area contributed by atoms with Gasteiger partial charge in [-0.25, -0.2) is 0 Å². The minimum Gasteiger partial charge on any atom is -0.466 e. The Labute approximate surface area is 380 Å².